The number of aliphatic hydroxyl groups is 1. The maximum absolute atomic E-state index is 11.7. The predicted octanol–water partition coefficient (Wildman–Crippen LogP) is 8.14. The molecule has 7 heteroatoms. The molecule has 248 valence electrons. The first kappa shape index (κ1) is 40.8. The molecule has 3 atom stereocenters. The molecule has 0 aliphatic heterocycles. The molecular formula is C37H60N2O5. The van der Waals surface area contributed by atoms with Crippen LogP contribution in [-0.4, -0.2) is 62.0 Å². The summed E-state index contributed by atoms with van der Waals surface area (Å²) in [5.41, 5.74) is 5.82. The predicted molar refractivity (Wildman–Crippen MR) is 183 cm³/mol. The molecule has 0 heterocycles. The topological polar surface area (TPSA) is 88.1 Å². The monoisotopic (exact) mass is 612 g/mol. The number of methoxy groups -OCH3 is 1. The van der Waals surface area contributed by atoms with Crippen molar-refractivity contribution in [1.82, 2.24) is 10.2 Å². The van der Waals surface area contributed by atoms with Crippen LogP contribution in [0.2, 0.25) is 0 Å². The number of hydrogen-bond donors (Lipinski definition) is 2. The smallest absolute Gasteiger partial charge is 0.410 e. The van der Waals surface area contributed by atoms with Crippen molar-refractivity contribution in [2.45, 2.75) is 99.5 Å². The molecule has 0 aromatic heterocycles. The van der Waals surface area contributed by atoms with Gasteiger partial charge in [-0.1, -0.05) is 101 Å². The van der Waals surface area contributed by atoms with Gasteiger partial charge in [0, 0.05) is 33.7 Å². The number of amides is 2. The maximum Gasteiger partial charge on any atom is 0.415 e. The molecule has 2 aromatic rings. The van der Waals surface area contributed by atoms with Crippen molar-refractivity contribution >= 4 is 12.0 Å². The zero-order valence-corrected chi connectivity index (χ0v) is 29.2. The first-order valence-electron chi connectivity index (χ1n) is 15.9. The normalized spacial score (nSPS) is 12.3. The molecule has 3 unspecified atom stereocenters. The number of nitrogens with one attached hydrogen (secondary N) is 1. The van der Waals surface area contributed by atoms with E-state index < -0.39 is 0 Å². The number of unbranched alkanes of at least 4 members (excludes halogenated alkanes) is 1. The zero-order chi connectivity index (χ0) is 33.7. The fourth-order valence-electron chi connectivity index (χ4n) is 4.17. The average molecular weight is 613 g/mol. The van der Waals surface area contributed by atoms with Gasteiger partial charge in [0.2, 0.25) is 5.91 Å². The van der Waals surface area contributed by atoms with Gasteiger partial charge in [-0.3, -0.25) is 4.79 Å². The van der Waals surface area contributed by atoms with Crippen molar-refractivity contribution in [2.75, 3.05) is 33.9 Å². The lowest BCUT2D eigenvalue weighted by molar-refractivity contribution is -0.121. The summed E-state index contributed by atoms with van der Waals surface area (Å²) in [5, 5.41) is 11.4. The summed E-state index contributed by atoms with van der Waals surface area (Å²) in [6.45, 7) is 21.5. The molecule has 0 fully saturated rings. The van der Waals surface area contributed by atoms with Crippen LogP contribution in [0.1, 0.15) is 94.9 Å². The quantitative estimate of drug-likeness (QED) is 0.210. The summed E-state index contributed by atoms with van der Waals surface area (Å²) in [6, 6.07) is 14.6. The van der Waals surface area contributed by atoms with E-state index >= 15 is 0 Å². The number of nitrogens with zero attached hydrogens (tertiary/aromatic N) is 1. The molecule has 2 N–H and O–H groups in total. The molecule has 0 bridgehead atoms. The molecule has 0 aliphatic carbocycles. The second-order valence-corrected chi connectivity index (χ2v) is 11.6. The van der Waals surface area contributed by atoms with Gasteiger partial charge in [-0.05, 0) is 68.7 Å². The van der Waals surface area contributed by atoms with E-state index in [9.17, 15) is 9.59 Å². The lowest BCUT2D eigenvalue weighted by Gasteiger charge is -2.20. The first-order valence-corrected chi connectivity index (χ1v) is 15.9. The fourth-order valence-corrected chi connectivity index (χ4v) is 4.17. The molecule has 0 aliphatic rings. The summed E-state index contributed by atoms with van der Waals surface area (Å²) in [5.74, 6) is 2.10. The number of likely N-dealkylation sites (N-methyl/N-ethyl adjacent to an activating group) is 1. The summed E-state index contributed by atoms with van der Waals surface area (Å²) < 4.78 is 10.2. The SMILES string of the molecule is C=C(C)C(CCO)NC(=O)CC.CCCCC(C)C(C)c1ccc(C)cc1.COCCN(C)C(=O)Oc1cccc(C)c1C. The van der Waals surface area contributed by atoms with Crippen molar-refractivity contribution in [2.24, 2.45) is 5.92 Å². The minimum absolute atomic E-state index is 0.00329. The lowest BCUT2D eigenvalue weighted by atomic mass is 9.85. The molecule has 0 saturated carbocycles. The van der Waals surface area contributed by atoms with Crippen LogP contribution in [0.3, 0.4) is 0 Å². The second-order valence-electron chi connectivity index (χ2n) is 11.6. The van der Waals surface area contributed by atoms with E-state index in [2.05, 4.69) is 63.9 Å². The maximum atomic E-state index is 11.7. The Balaban J connectivity index is 0.000000641. The third-order valence-electron chi connectivity index (χ3n) is 7.83. The van der Waals surface area contributed by atoms with E-state index in [4.69, 9.17) is 14.6 Å². The number of carbonyl (C=O) groups is 2. The van der Waals surface area contributed by atoms with Crippen LogP contribution in [0.4, 0.5) is 4.79 Å². The highest BCUT2D eigenvalue weighted by Crippen LogP contribution is 2.28. The standard InChI is InChI=1S/C15H24.C13H19NO3.C9H17NO2/c1-5-6-7-13(3)14(4)15-10-8-12(2)9-11-15;1-10-6-5-7-12(11(10)2)17-13(15)14(3)8-9-16-4;1-4-9(12)10-8(5-6-11)7(2)3/h8-11,13-14H,5-7H2,1-4H3;5-7H,8-9H2,1-4H3;8,11H,2,4-6H2,1,3H3,(H,10,12). The number of hydrogen-bond acceptors (Lipinski definition) is 5. The largest absolute Gasteiger partial charge is 0.415 e. The van der Waals surface area contributed by atoms with Crippen LogP contribution in [-0.2, 0) is 9.53 Å². The lowest BCUT2D eigenvalue weighted by Crippen LogP contribution is -2.35. The van der Waals surface area contributed by atoms with Gasteiger partial charge in [0.1, 0.15) is 5.75 Å². The van der Waals surface area contributed by atoms with Gasteiger partial charge < -0.3 is 24.8 Å². The van der Waals surface area contributed by atoms with E-state index in [-0.39, 0.29) is 24.6 Å². The molecule has 2 aromatic carbocycles. The number of carbonyl (C=O) groups excluding carboxylic acids is 2. The molecule has 0 spiro atoms. The van der Waals surface area contributed by atoms with Gasteiger partial charge >= 0.3 is 6.09 Å². The molecular weight excluding hydrogens is 552 g/mol. The van der Waals surface area contributed by atoms with Gasteiger partial charge in [-0.25, -0.2) is 4.79 Å². The number of aryl methyl sites for hydroxylation is 2. The number of benzene rings is 2. The Kier molecular flexibility index (Phi) is 21.6. The molecule has 2 rings (SSSR count). The highest BCUT2D eigenvalue weighted by atomic mass is 16.6. The van der Waals surface area contributed by atoms with Gasteiger partial charge in [0.25, 0.3) is 0 Å². The Hall–Kier alpha value is -3.16. The van der Waals surface area contributed by atoms with E-state index in [1.165, 1.54) is 35.3 Å². The molecule has 0 saturated heterocycles. The van der Waals surface area contributed by atoms with E-state index in [0.29, 0.717) is 37.7 Å². The zero-order valence-electron chi connectivity index (χ0n) is 29.2. The van der Waals surface area contributed by atoms with E-state index in [0.717, 1.165) is 22.6 Å². The minimum Gasteiger partial charge on any atom is -0.410 e. The Bertz CT molecular complexity index is 1100. The van der Waals surface area contributed by atoms with Crippen molar-refractivity contribution in [3.63, 3.8) is 0 Å². The van der Waals surface area contributed by atoms with Crippen LogP contribution in [0.15, 0.2) is 54.6 Å². The van der Waals surface area contributed by atoms with Crippen molar-refractivity contribution in [1.29, 1.82) is 0 Å². The van der Waals surface area contributed by atoms with Crippen molar-refractivity contribution < 1.29 is 24.2 Å². The Morgan fingerprint density at radius 2 is 1.66 bits per heavy atom. The van der Waals surface area contributed by atoms with E-state index in [1.54, 1.807) is 27.1 Å². The van der Waals surface area contributed by atoms with Crippen LogP contribution in [0.5, 0.6) is 5.75 Å². The minimum atomic E-state index is -0.365. The number of rotatable bonds is 14. The third kappa shape index (κ3) is 16.6. The Morgan fingerprint density at radius 1 is 1.02 bits per heavy atom. The van der Waals surface area contributed by atoms with E-state index in [1.807, 2.05) is 32.9 Å². The van der Waals surface area contributed by atoms with Gasteiger partial charge in [0.05, 0.1) is 12.6 Å². The summed E-state index contributed by atoms with van der Waals surface area (Å²) in [7, 11) is 3.29. The molecule has 2 amide bonds. The fraction of sp³-hybridized carbons (Fsp3) is 0.568. The van der Waals surface area contributed by atoms with Crippen molar-refractivity contribution in [3.8, 4) is 5.75 Å². The highest BCUT2D eigenvalue weighted by molar-refractivity contribution is 5.76. The highest BCUT2D eigenvalue weighted by Gasteiger charge is 2.14. The van der Waals surface area contributed by atoms with Crippen molar-refractivity contribution in [3.05, 3.63) is 76.9 Å². The van der Waals surface area contributed by atoms with Crippen LogP contribution in [0, 0.1) is 26.7 Å². The molecule has 7 nitrogen and oxygen atoms in total. The van der Waals surface area contributed by atoms with Gasteiger partial charge in [-0.2, -0.15) is 0 Å². The summed E-state index contributed by atoms with van der Waals surface area (Å²) in [6.07, 6.45) is 4.67. The molecule has 44 heavy (non-hydrogen) atoms. The number of aliphatic hydroxyl groups excluding tert-OH is 1. The number of ether oxygens (including phenoxy) is 2. The first-order chi connectivity index (χ1) is 20.8. The summed E-state index contributed by atoms with van der Waals surface area (Å²) in [4.78, 5) is 24.2. The molecule has 0 radical (unpaired) electrons. The Labute approximate surface area is 268 Å². The summed E-state index contributed by atoms with van der Waals surface area (Å²) >= 11 is 0. The Morgan fingerprint density at radius 3 is 2.18 bits per heavy atom. The van der Waals surface area contributed by atoms with Crippen LogP contribution >= 0.6 is 0 Å². The van der Waals surface area contributed by atoms with Crippen LogP contribution in [0.25, 0.3) is 0 Å². The van der Waals surface area contributed by atoms with Crippen LogP contribution < -0.4 is 10.1 Å². The third-order valence-corrected chi connectivity index (χ3v) is 7.83. The van der Waals surface area contributed by atoms with Gasteiger partial charge in [-0.15, -0.1) is 0 Å². The van der Waals surface area contributed by atoms with Gasteiger partial charge in [0.15, 0.2) is 0 Å². The second kappa shape index (κ2) is 23.3. The average Bonchev–Trinajstić information content (AvgIpc) is 3.01.